The lowest BCUT2D eigenvalue weighted by Gasteiger charge is -2.06. The third-order valence-electron chi connectivity index (χ3n) is 4.09. The van der Waals surface area contributed by atoms with E-state index in [2.05, 4.69) is 25.7 Å². The van der Waals surface area contributed by atoms with E-state index in [1.165, 1.54) is 0 Å². The molecular formula is C16H17N5O3. The normalized spacial score (nSPS) is 14.2. The van der Waals surface area contributed by atoms with Crippen molar-refractivity contribution in [2.75, 3.05) is 0 Å². The summed E-state index contributed by atoms with van der Waals surface area (Å²) in [5.41, 5.74) is 2.47. The number of carbonyl (C=O) groups excluding carboxylic acids is 1. The van der Waals surface area contributed by atoms with Crippen molar-refractivity contribution in [2.24, 2.45) is 0 Å². The van der Waals surface area contributed by atoms with E-state index in [1.54, 1.807) is 6.92 Å². The fourth-order valence-electron chi connectivity index (χ4n) is 2.63. The van der Waals surface area contributed by atoms with Gasteiger partial charge in [-0.3, -0.25) is 4.79 Å². The van der Waals surface area contributed by atoms with Gasteiger partial charge in [0.05, 0.1) is 23.2 Å². The molecule has 1 fully saturated rings. The standard InChI is InChI=1S/C16H17N5O3/c1-3-12-19-20-13(23-12)7-17-15(22)10-6-11(9-4-5-9)18-16-14(10)8(2)21-24-16/h6,9H,3-5,7H2,1-2H3,(H,17,22). The number of aryl methyl sites for hydroxylation is 2. The Balaban J connectivity index is 1.61. The molecule has 8 heteroatoms. The maximum Gasteiger partial charge on any atom is 0.259 e. The van der Waals surface area contributed by atoms with Gasteiger partial charge < -0.3 is 14.3 Å². The molecule has 0 aromatic carbocycles. The lowest BCUT2D eigenvalue weighted by molar-refractivity contribution is 0.0948. The lowest BCUT2D eigenvalue weighted by atomic mass is 10.1. The Morgan fingerprint density at radius 3 is 2.83 bits per heavy atom. The average Bonchev–Trinajstić information content (AvgIpc) is 3.24. The van der Waals surface area contributed by atoms with Gasteiger partial charge in [0.25, 0.3) is 11.6 Å². The fraction of sp³-hybridized carbons (Fsp3) is 0.438. The number of carbonyl (C=O) groups is 1. The van der Waals surface area contributed by atoms with Crippen molar-refractivity contribution in [3.63, 3.8) is 0 Å². The predicted octanol–water partition coefficient (Wildman–Crippen LogP) is 2.28. The monoisotopic (exact) mass is 327 g/mol. The summed E-state index contributed by atoms with van der Waals surface area (Å²) in [7, 11) is 0. The maximum atomic E-state index is 12.7. The molecule has 0 unspecified atom stereocenters. The van der Waals surface area contributed by atoms with E-state index in [0.717, 1.165) is 18.5 Å². The van der Waals surface area contributed by atoms with Gasteiger partial charge in [-0.05, 0) is 25.8 Å². The third kappa shape index (κ3) is 2.64. The summed E-state index contributed by atoms with van der Waals surface area (Å²) in [4.78, 5) is 17.1. The molecule has 0 spiro atoms. The molecule has 4 rings (SSSR count). The van der Waals surface area contributed by atoms with E-state index in [0.29, 0.717) is 46.5 Å². The number of hydrogen-bond acceptors (Lipinski definition) is 7. The van der Waals surface area contributed by atoms with Crippen LogP contribution < -0.4 is 5.32 Å². The van der Waals surface area contributed by atoms with E-state index in [9.17, 15) is 4.79 Å². The van der Waals surface area contributed by atoms with Gasteiger partial charge in [-0.15, -0.1) is 10.2 Å². The Kier molecular flexibility index (Phi) is 3.51. The minimum Gasteiger partial charge on any atom is -0.423 e. The van der Waals surface area contributed by atoms with E-state index in [-0.39, 0.29) is 12.5 Å². The Hall–Kier alpha value is -2.77. The minimum absolute atomic E-state index is 0.179. The zero-order valence-corrected chi connectivity index (χ0v) is 13.5. The van der Waals surface area contributed by atoms with Crippen molar-refractivity contribution in [3.8, 4) is 0 Å². The van der Waals surface area contributed by atoms with Crippen LogP contribution in [0, 0.1) is 6.92 Å². The van der Waals surface area contributed by atoms with Crippen molar-refractivity contribution < 1.29 is 13.7 Å². The molecule has 3 aromatic heterocycles. The van der Waals surface area contributed by atoms with Crippen LogP contribution in [-0.4, -0.2) is 26.2 Å². The van der Waals surface area contributed by atoms with Crippen LogP contribution in [0.15, 0.2) is 15.0 Å². The first-order valence-corrected chi connectivity index (χ1v) is 8.02. The second kappa shape index (κ2) is 5.70. The zero-order chi connectivity index (χ0) is 16.7. The van der Waals surface area contributed by atoms with Gasteiger partial charge in [0.1, 0.15) is 0 Å². The number of pyridine rings is 1. The second-order valence-electron chi connectivity index (χ2n) is 5.94. The molecule has 3 heterocycles. The van der Waals surface area contributed by atoms with Crippen LogP contribution in [0.25, 0.3) is 11.1 Å². The Morgan fingerprint density at radius 1 is 1.33 bits per heavy atom. The molecule has 124 valence electrons. The van der Waals surface area contributed by atoms with Gasteiger partial charge >= 0.3 is 0 Å². The average molecular weight is 327 g/mol. The highest BCUT2D eigenvalue weighted by molar-refractivity contribution is 6.06. The highest BCUT2D eigenvalue weighted by Crippen LogP contribution is 2.40. The highest BCUT2D eigenvalue weighted by atomic mass is 16.5. The summed E-state index contributed by atoms with van der Waals surface area (Å²) < 4.78 is 10.7. The van der Waals surface area contributed by atoms with Gasteiger partial charge in [-0.1, -0.05) is 12.1 Å². The predicted molar refractivity (Wildman–Crippen MR) is 83.4 cm³/mol. The summed E-state index contributed by atoms with van der Waals surface area (Å²) in [6.45, 7) is 3.91. The van der Waals surface area contributed by atoms with Gasteiger partial charge in [-0.2, -0.15) is 0 Å². The van der Waals surface area contributed by atoms with E-state index < -0.39 is 0 Å². The summed E-state index contributed by atoms with van der Waals surface area (Å²) in [6.07, 6.45) is 2.85. The summed E-state index contributed by atoms with van der Waals surface area (Å²) >= 11 is 0. The Labute approximate surface area is 137 Å². The van der Waals surface area contributed by atoms with Crippen LogP contribution in [0.5, 0.6) is 0 Å². The second-order valence-corrected chi connectivity index (χ2v) is 5.94. The fourth-order valence-corrected chi connectivity index (χ4v) is 2.63. The Morgan fingerprint density at radius 2 is 2.12 bits per heavy atom. The smallest absolute Gasteiger partial charge is 0.259 e. The molecule has 3 aromatic rings. The number of nitrogens with one attached hydrogen (secondary N) is 1. The largest absolute Gasteiger partial charge is 0.423 e. The molecule has 1 N–H and O–H groups in total. The summed E-state index contributed by atoms with van der Waals surface area (Å²) in [5, 5.41) is 15.2. The zero-order valence-electron chi connectivity index (χ0n) is 13.5. The van der Waals surface area contributed by atoms with Gasteiger partial charge in [0, 0.05) is 18.0 Å². The van der Waals surface area contributed by atoms with Crippen LogP contribution in [0.4, 0.5) is 0 Å². The molecule has 1 amide bonds. The van der Waals surface area contributed by atoms with E-state index >= 15 is 0 Å². The minimum atomic E-state index is -0.230. The van der Waals surface area contributed by atoms with Crippen molar-refractivity contribution >= 4 is 17.0 Å². The SMILES string of the molecule is CCc1nnc(CNC(=O)c2cc(C3CC3)nc3onc(C)c23)o1. The van der Waals surface area contributed by atoms with E-state index in [4.69, 9.17) is 8.94 Å². The topological polar surface area (TPSA) is 107 Å². The molecule has 0 aliphatic heterocycles. The van der Waals surface area contributed by atoms with Crippen LogP contribution in [0.2, 0.25) is 0 Å². The molecule has 1 saturated carbocycles. The number of rotatable bonds is 5. The quantitative estimate of drug-likeness (QED) is 0.766. The van der Waals surface area contributed by atoms with Gasteiger partial charge in [-0.25, -0.2) is 4.98 Å². The van der Waals surface area contributed by atoms with Gasteiger partial charge in [0.15, 0.2) is 0 Å². The maximum absolute atomic E-state index is 12.7. The number of aromatic nitrogens is 4. The van der Waals surface area contributed by atoms with Crippen LogP contribution >= 0.6 is 0 Å². The summed E-state index contributed by atoms with van der Waals surface area (Å²) in [5.74, 6) is 1.12. The van der Waals surface area contributed by atoms with Crippen molar-refractivity contribution in [1.82, 2.24) is 25.7 Å². The van der Waals surface area contributed by atoms with Crippen LogP contribution in [-0.2, 0) is 13.0 Å². The first-order chi connectivity index (χ1) is 11.7. The molecule has 24 heavy (non-hydrogen) atoms. The molecule has 0 bridgehead atoms. The van der Waals surface area contributed by atoms with E-state index in [1.807, 2.05) is 13.0 Å². The van der Waals surface area contributed by atoms with Crippen molar-refractivity contribution in [2.45, 2.75) is 45.6 Å². The number of amides is 1. The molecule has 8 nitrogen and oxygen atoms in total. The van der Waals surface area contributed by atoms with Crippen molar-refractivity contribution in [1.29, 1.82) is 0 Å². The molecule has 0 radical (unpaired) electrons. The number of hydrogen-bond donors (Lipinski definition) is 1. The lowest BCUT2D eigenvalue weighted by Crippen LogP contribution is -2.23. The molecule has 0 atom stereocenters. The van der Waals surface area contributed by atoms with Crippen molar-refractivity contribution in [3.05, 3.63) is 34.8 Å². The molecule has 1 aliphatic rings. The third-order valence-corrected chi connectivity index (χ3v) is 4.09. The van der Waals surface area contributed by atoms with Gasteiger partial charge in [0.2, 0.25) is 11.8 Å². The Bertz CT molecular complexity index is 910. The number of fused-ring (bicyclic) bond motifs is 1. The molecule has 0 saturated heterocycles. The van der Waals surface area contributed by atoms with Crippen LogP contribution in [0.3, 0.4) is 0 Å². The highest BCUT2D eigenvalue weighted by Gasteiger charge is 2.28. The first kappa shape index (κ1) is 14.8. The first-order valence-electron chi connectivity index (χ1n) is 8.02. The molecular weight excluding hydrogens is 310 g/mol. The summed E-state index contributed by atoms with van der Waals surface area (Å²) in [6, 6.07) is 1.84. The van der Waals surface area contributed by atoms with Crippen LogP contribution in [0.1, 0.15) is 59.2 Å². The molecule has 1 aliphatic carbocycles. The number of nitrogens with zero attached hydrogens (tertiary/aromatic N) is 4.